The van der Waals surface area contributed by atoms with Gasteiger partial charge in [0.25, 0.3) is 0 Å². The van der Waals surface area contributed by atoms with Crippen molar-refractivity contribution in [3.8, 4) is 0 Å². The second-order valence-corrected chi connectivity index (χ2v) is 5.02. The molecule has 1 aromatic rings. The number of hydrogen-bond donors (Lipinski definition) is 2. The minimum atomic E-state index is -0.0178. The van der Waals surface area contributed by atoms with Crippen LogP contribution in [0.5, 0.6) is 0 Å². The van der Waals surface area contributed by atoms with E-state index in [1.165, 1.54) is 0 Å². The van der Waals surface area contributed by atoms with E-state index >= 15 is 0 Å². The number of nitrogens with one attached hydrogen (secondary N) is 2. The predicted molar refractivity (Wildman–Crippen MR) is 79.3 cm³/mol. The molecule has 1 aromatic carbocycles. The number of amides is 2. The monoisotopic (exact) mass is 272 g/mol. The summed E-state index contributed by atoms with van der Waals surface area (Å²) in [5.41, 5.74) is 1.72. The molecule has 0 radical (unpaired) electrons. The normalized spacial score (nSPS) is 17.6. The Hall–Kier alpha value is -2.10. The highest BCUT2D eigenvalue weighted by Crippen LogP contribution is 2.20. The van der Waals surface area contributed by atoms with Crippen LogP contribution < -0.4 is 10.6 Å². The summed E-state index contributed by atoms with van der Waals surface area (Å²) < 4.78 is 0. The molecule has 1 aliphatic carbocycles. The first-order valence-electron chi connectivity index (χ1n) is 6.94. The van der Waals surface area contributed by atoms with E-state index in [-0.39, 0.29) is 17.7 Å². The molecular weight excluding hydrogens is 252 g/mol. The lowest BCUT2D eigenvalue weighted by Gasteiger charge is -2.17. The molecule has 2 N–H and O–H groups in total. The summed E-state index contributed by atoms with van der Waals surface area (Å²) in [4.78, 5) is 23.3. The fourth-order valence-corrected chi connectivity index (χ4v) is 2.26. The van der Waals surface area contributed by atoms with Gasteiger partial charge in [-0.25, -0.2) is 0 Å². The van der Waals surface area contributed by atoms with Crippen LogP contribution in [0.25, 0.3) is 0 Å². The Bertz CT molecular complexity index is 506. The molecule has 0 saturated carbocycles. The van der Waals surface area contributed by atoms with Crippen LogP contribution >= 0.6 is 0 Å². The smallest absolute Gasteiger partial charge is 0.227 e. The summed E-state index contributed by atoms with van der Waals surface area (Å²) in [6.45, 7) is 0. The predicted octanol–water partition coefficient (Wildman–Crippen LogP) is 2.27. The standard InChI is InChI=1S/C16H20N2O2/c1-17-15(19)11-12-7-9-14(10-8-12)18-16(20)13-5-3-2-4-6-13/h2-3,7-10,13H,4-6,11H2,1H3,(H,17,19)(H,18,20)/t13-/m0/s1. The quantitative estimate of drug-likeness (QED) is 0.826. The fourth-order valence-electron chi connectivity index (χ4n) is 2.26. The van der Waals surface area contributed by atoms with Gasteiger partial charge in [-0.05, 0) is 37.0 Å². The molecule has 0 spiro atoms. The van der Waals surface area contributed by atoms with E-state index in [0.29, 0.717) is 6.42 Å². The summed E-state index contributed by atoms with van der Waals surface area (Å²) in [6.07, 6.45) is 7.26. The van der Waals surface area contributed by atoms with E-state index in [0.717, 1.165) is 30.5 Å². The maximum absolute atomic E-state index is 12.1. The summed E-state index contributed by atoms with van der Waals surface area (Å²) in [7, 11) is 1.62. The van der Waals surface area contributed by atoms with Gasteiger partial charge < -0.3 is 10.6 Å². The molecule has 0 bridgehead atoms. The zero-order chi connectivity index (χ0) is 14.4. The van der Waals surface area contributed by atoms with Crippen molar-refractivity contribution in [3.05, 3.63) is 42.0 Å². The molecule has 4 nitrogen and oxygen atoms in total. The van der Waals surface area contributed by atoms with Crippen LogP contribution in [-0.4, -0.2) is 18.9 Å². The van der Waals surface area contributed by atoms with Crippen LogP contribution in [0.15, 0.2) is 36.4 Å². The van der Waals surface area contributed by atoms with Gasteiger partial charge in [-0.2, -0.15) is 0 Å². The van der Waals surface area contributed by atoms with Gasteiger partial charge in [0, 0.05) is 18.7 Å². The maximum Gasteiger partial charge on any atom is 0.227 e. The molecule has 106 valence electrons. The summed E-state index contributed by atoms with van der Waals surface area (Å²) in [5.74, 6) is 0.134. The number of likely N-dealkylation sites (N-methyl/N-ethyl adjacent to an activating group) is 1. The maximum atomic E-state index is 12.1. The molecule has 1 atom stereocenters. The van der Waals surface area contributed by atoms with Crippen LogP contribution in [-0.2, 0) is 16.0 Å². The molecule has 2 rings (SSSR count). The highest BCUT2D eigenvalue weighted by molar-refractivity contribution is 5.92. The average Bonchev–Trinajstić information content (AvgIpc) is 2.50. The van der Waals surface area contributed by atoms with Gasteiger partial charge in [-0.1, -0.05) is 24.3 Å². The van der Waals surface area contributed by atoms with Crippen molar-refractivity contribution in [2.75, 3.05) is 12.4 Å². The van der Waals surface area contributed by atoms with Gasteiger partial charge in [0.15, 0.2) is 0 Å². The third-order valence-electron chi connectivity index (χ3n) is 3.50. The molecule has 0 fully saturated rings. The van der Waals surface area contributed by atoms with Crippen LogP contribution in [0, 0.1) is 5.92 Å². The van der Waals surface area contributed by atoms with Gasteiger partial charge >= 0.3 is 0 Å². The fraction of sp³-hybridized carbons (Fsp3) is 0.375. The molecule has 0 aromatic heterocycles. The van der Waals surface area contributed by atoms with E-state index < -0.39 is 0 Å². The first kappa shape index (κ1) is 14.3. The number of benzene rings is 1. The Balaban J connectivity index is 1.91. The lowest BCUT2D eigenvalue weighted by Crippen LogP contribution is -2.23. The van der Waals surface area contributed by atoms with E-state index in [2.05, 4.69) is 22.8 Å². The van der Waals surface area contributed by atoms with E-state index in [9.17, 15) is 9.59 Å². The third kappa shape index (κ3) is 3.95. The lowest BCUT2D eigenvalue weighted by atomic mass is 9.93. The Morgan fingerprint density at radius 2 is 1.95 bits per heavy atom. The topological polar surface area (TPSA) is 58.2 Å². The second kappa shape index (κ2) is 6.89. The van der Waals surface area contributed by atoms with Gasteiger partial charge in [0.05, 0.1) is 6.42 Å². The van der Waals surface area contributed by atoms with Crippen molar-refractivity contribution in [1.29, 1.82) is 0 Å². The first-order chi connectivity index (χ1) is 9.69. The SMILES string of the molecule is CNC(=O)Cc1ccc(NC(=O)[C@H]2CC=CCC2)cc1. The highest BCUT2D eigenvalue weighted by Gasteiger charge is 2.18. The number of hydrogen-bond acceptors (Lipinski definition) is 2. The van der Waals surface area contributed by atoms with Crippen molar-refractivity contribution >= 4 is 17.5 Å². The third-order valence-corrected chi connectivity index (χ3v) is 3.50. The molecule has 1 aliphatic rings. The molecule has 20 heavy (non-hydrogen) atoms. The van der Waals surface area contributed by atoms with E-state index in [1.807, 2.05) is 24.3 Å². The molecular formula is C16H20N2O2. The summed E-state index contributed by atoms with van der Waals surface area (Å²) >= 11 is 0. The van der Waals surface area contributed by atoms with Crippen LogP contribution in [0.1, 0.15) is 24.8 Å². The molecule has 2 amide bonds. The van der Waals surface area contributed by atoms with Crippen LogP contribution in [0.4, 0.5) is 5.69 Å². The Morgan fingerprint density at radius 3 is 2.55 bits per heavy atom. The zero-order valence-corrected chi connectivity index (χ0v) is 11.7. The molecule has 4 heteroatoms. The molecule has 0 heterocycles. The van der Waals surface area contributed by atoms with Crippen LogP contribution in [0.3, 0.4) is 0 Å². The molecule has 0 saturated heterocycles. The van der Waals surface area contributed by atoms with Crippen molar-refractivity contribution in [2.24, 2.45) is 5.92 Å². The Kier molecular flexibility index (Phi) is 4.93. The summed E-state index contributed by atoms with van der Waals surface area (Å²) in [5, 5.41) is 5.52. The van der Waals surface area contributed by atoms with E-state index in [1.54, 1.807) is 7.05 Å². The van der Waals surface area contributed by atoms with Gasteiger partial charge in [0.2, 0.25) is 11.8 Å². The largest absolute Gasteiger partial charge is 0.359 e. The number of rotatable bonds is 4. The van der Waals surface area contributed by atoms with Gasteiger partial charge in [0.1, 0.15) is 0 Å². The minimum Gasteiger partial charge on any atom is -0.359 e. The number of anilines is 1. The zero-order valence-electron chi connectivity index (χ0n) is 11.7. The number of allylic oxidation sites excluding steroid dienone is 2. The Labute approximate surface area is 119 Å². The first-order valence-corrected chi connectivity index (χ1v) is 6.94. The second-order valence-electron chi connectivity index (χ2n) is 5.02. The number of carbonyl (C=O) groups is 2. The average molecular weight is 272 g/mol. The van der Waals surface area contributed by atoms with Crippen molar-refractivity contribution in [3.63, 3.8) is 0 Å². The van der Waals surface area contributed by atoms with E-state index in [4.69, 9.17) is 0 Å². The Morgan fingerprint density at radius 1 is 1.20 bits per heavy atom. The van der Waals surface area contributed by atoms with Crippen molar-refractivity contribution in [2.45, 2.75) is 25.7 Å². The van der Waals surface area contributed by atoms with Crippen molar-refractivity contribution in [1.82, 2.24) is 5.32 Å². The highest BCUT2D eigenvalue weighted by atomic mass is 16.2. The summed E-state index contributed by atoms with van der Waals surface area (Å²) in [6, 6.07) is 7.42. The number of carbonyl (C=O) groups excluding carboxylic acids is 2. The van der Waals surface area contributed by atoms with Gasteiger partial charge in [-0.3, -0.25) is 9.59 Å². The lowest BCUT2D eigenvalue weighted by molar-refractivity contribution is -0.120. The van der Waals surface area contributed by atoms with Crippen LogP contribution in [0.2, 0.25) is 0 Å². The molecule has 0 unspecified atom stereocenters. The van der Waals surface area contributed by atoms with Gasteiger partial charge in [-0.15, -0.1) is 0 Å². The minimum absolute atomic E-state index is 0.0178. The van der Waals surface area contributed by atoms with Crippen molar-refractivity contribution < 1.29 is 9.59 Å². The molecule has 0 aliphatic heterocycles.